The summed E-state index contributed by atoms with van der Waals surface area (Å²) in [4.78, 5) is 22.0. The van der Waals surface area contributed by atoms with Crippen molar-refractivity contribution < 1.29 is 22.7 Å². The zero-order valence-electron chi connectivity index (χ0n) is 14.9. The highest BCUT2D eigenvalue weighted by Crippen LogP contribution is 2.33. The van der Waals surface area contributed by atoms with Gasteiger partial charge in [0.05, 0.1) is 18.4 Å². The van der Waals surface area contributed by atoms with Crippen molar-refractivity contribution in [2.24, 2.45) is 0 Å². The number of carbonyl (C=O) groups is 1. The van der Waals surface area contributed by atoms with E-state index in [1.807, 2.05) is 0 Å². The van der Waals surface area contributed by atoms with Gasteiger partial charge >= 0.3 is 5.97 Å². The molecule has 0 amide bonds. The molecule has 0 atom stereocenters. The van der Waals surface area contributed by atoms with Gasteiger partial charge in [0.2, 0.25) is 10.0 Å². The number of pyridine rings is 1. The number of hydrogen-bond acceptors (Lipinski definition) is 5. The van der Waals surface area contributed by atoms with Gasteiger partial charge in [0.15, 0.2) is 5.82 Å². The summed E-state index contributed by atoms with van der Waals surface area (Å²) in [6.07, 6.45) is 1.03. The second-order valence-corrected chi connectivity index (χ2v) is 8.88. The number of carboxylic acid groups (broad SMARTS) is 1. The Morgan fingerprint density at radius 3 is 2.79 bits per heavy atom. The molecule has 1 aliphatic rings. The van der Waals surface area contributed by atoms with Gasteiger partial charge in [-0.1, -0.05) is 17.2 Å². The summed E-state index contributed by atoms with van der Waals surface area (Å²) >= 11 is 6.28. The van der Waals surface area contributed by atoms with E-state index >= 15 is 0 Å². The molecule has 8 nitrogen and oxygen atoms in total. The summed E-state index contributed by atoms with van der Waals surface area (Å²) < 4.78 is 39.0. The standard InChI is InChI=1S/C17H18ClFN4O4S/c1-10-9-23(28(26,27)7-5-14(24)25)6-4-12(10)15-16(18)22-17(21-15)13-3-2-11(19)8-20-13/h2-3,8H,4-7,9H2,1H3,(H,21,22)(H,24,25). The van der Waals surface area contributed by atoms with E-state index in [1.165, 1.54) is 16.4 Å². The number of nitrogens with one attached hydrogen (secondary N) is 1. The lowest BCUT2D eigenvalue weighted by molar-refractivity contribution is -0.136. The third kappa shape index (κ3) is 4.40. The number of H-pyrrole nitrogens is 1. The second-order valence-electron chi connectivity index (χ2n) is 6.41. The maximum Gasteiger partial charge on any atom is 0.304 e. The van der Waals surface area contributed by atoms with Crippen molar-refractivity contribution in [2.45, 2.75) is 19.8 Å². The fourth-order valence-electron chi connectivity index (χ4n) is 2.98. The molecule has 0 radical (unpaired) electrons. The molecule has 0 unspecified atom stereocenters. The summed E-state index contributed by atoms with van der Waals surface area (Å²) in [6, 6.07) is 2.75. The van der Waals surface area contributed by atoms with Crippen LogP contribution in [0, 0.1) is 5.82 Å². The van der Waals surface area contributed by atoms with Crippen LogP contribution in [0.1, 0.15) is 25.5 Å². The molecule has 0 saturated carbocycles. The van der Waals surface area contributed by atoms with Gasteiger partial charge in [-0.05, 0) is 31.1 Å². The number of aromatic amines is 1. The Labute approximate surface area is 166 Å². The summed E-state index contributed by atoms with van der Waals surface area (Å²) in [6.45, 7) is 2.14. The molecule has 150 valence electrons. The highest BCUT2D eigenvalue weighted by Gasteiger charge is 2.29. The van der Waals surface area contributed by atoms with Crippen LogP contribution in [0.5, 0.6) is 0 Å². The summed E-state index contributed by atoms with van der Waals surface area (Å²) in [5, 5.41) is 9.00. The van der Waals surface area contributed by atoms with Gasteiger partial charge < -0.3 is 10.1 Å². The Kier molecular flexibility index (Phi) is 5.82. The largest absolute Gasteiger partial charge is 0.481 e. The number of aliphatic carboxylic acids is 1. The van der Waals surface area contributed by atoms with E-state index in [1.54, 1.807) is 6.92 Å². The Morgan fingerprint density at radius 1 is 1.43 bits per heavy atom. The van der Waals surface area contributed by atoms with Crippen LogP contribution in [0.25, 0.3) is 17.1 Å². The average molecular weight is 429 g/mol. The van der Waals surface area contributed by atoms with Crippen molar-refractivity contribution in [3.8, 4) is 11.5 Å². The van der Waals surface area contributed by atoms with Crippen molar-refractivity contribution in [2.75, 3.05) is 18.8 Å². The quantitative estimate of drug-likeness (QED) is 0.730. The fourth-order valence-corrected chi connectivity index (χ4v) is 4.68. The van der Waals surface area contributed by atoms with Gasteiger partial charge in [-0.25, -0.2) is 22.8 Å². The van der Waals surface area contributed by atoms with Crippen LogP contribution in [0.3, 0.4) is 0 Å². The lowest BCUT2D eigenvalue weighted by Gasteiger charge is -2.28. The Hall–Kier alpha value is -2.30. The molecule has 2 N–H and O–H groups in total. The minimum absolute atomic E-state index is 0.143. The predicted molar refractivity (Wildman–Crippen MR) is 102 cm³/mol. The van der Waals surface area contributed by atoms with E-state index in [0.717, 1.165) is 17.3 Å². The molecule has 0 saturated heterocycles. The maximum atomic E-state index is 13.0. The molecule has 3 rings (SSSR count). The van der Waals surface area contributed by atoms with Crippen LogP contribution in [0.15, 0.2) is 23.9 Å². The normalized spacial score (nSPS) is 15.8. The summed E-state index contributed by atoms with van der Waals surface area (Å²) in [5.74, 6) is -1.67. The van der Waals surface area contributed by atoms with Crippen LogP contribution < -0.4 is 0 Å². The summed E-state index contributed by atoms with van der Waals surface area (Å²) in [5.41, 5.74) is 2.53. The smallest absolute Gasteiger partial charge is 0.304 e. The topological polar surface area (TPSA) is 116 Å². The monoisotopic (exact) mass is 428 g/mol. The van der Waals surface area contributed by atoms with Gasteiger partial charge in [0.25, 0.3) is 0 Å². The van der Waals surface area contributed by atoms with E-state index in [2.05, 4.69) is 15.0 Å². The van der Waals surface area contributed by atoms with Gasteiger partial charge in [-0.3, -0.25) is 4.79 Å². The van der Waals surface area contributed by atoms with E-state index in [4.69, 9.17) is 16.7 Å². The number of carboxylic acids is 1. The number of rotatable bonds is 6. The molecule has 28 heavy (non-hydrogen) atoms. The highest BCUT2D eigenvalue weighted by molar-refractivity contribution is 7.89. The first kappa shape index (κ1) is 20.4. The van der Waals surface area contributed by atoms with Crippen LogP contribution in [0.4, 0.5) is 4.39 Å². The fraction of sp³-hybridized carbons (Fsp3) is 0.353. The number of halogens is 2. The lowest BCUT2D eigenvalue weighted by atomic mass is 10.0. The van der Waals surface area contributed by atoms with E-state index < -0.39 is 34.0 Å². The zero-order valence-corrected chi connectivity index (χ0v) is 16.5. The van der Waals surface area contributed by atoms with Crippen LogP contribution in [-0.2, 0) is 14.8 Å². The van der Waals surface area contributed by atoms with Crippen LogP contribution in [-0.4, -0.2) is 57.6 Å². The molecule has 3 heterocycles. The highest BCUT2D eigenvalue weighted by atomic mass is 35.5. The molecule has 2 aromatic rings. The molecule has 1 aliphatic heterocycles. The zero-order chi connectivity index (χ0) is 20.5. The van der Waals surface area contributed by atoms with Crippen molar-refractivity contribution in [1.82, 2.24) is 19.3 Å². The lowest BCUT2D eigenvalue weighted by Crippen LogP contribution is -2.38. The van der Waals surface area contributed by atoms with Gasteiger partial charge in [0.1, 0.15) is 22.4 Å². The first-order chi connectivity index (χ1) is 13.2. The van der Waals surface area contributed by atoms with Crippen molar-refractivity contribution in [3.63, 3.8) is 0 Å². The number of hydrogen-bond donors (Lipinski definition) is 2. The molecule has 0 aromatic carbocycles. The van der Waals surface area contributed by atoms with Crippen LogP contribution >= 0.6 is 11.6 Å². The molecule has 11 heteroatoms. The van der Waals surface area contributed by atoms with Gasteiger partial charge in [-0.2, -0.15) is 4.31 Å². The number of aromatic nitrogens is 3. The third-order valence-corrected chi connectivity index (χ3v) is 6.51. The Morgan fingerprint density at radius 2 is 2.18 bits per heavy atom. The number of imidazole rings is 1. The van der Waals surface area contributed by atoms with E-state index in [0.29, 0.717) is 23.6 Å². The molecule has 0 spiro atoms. The van der Waals surface area contributed by atoms with E-state index in [9.17, 15) is 17.6 Å². The first-order valence-corrected chi connectivity index (χ1v) is 10.4. The minimum atomic E-state index is -3.66. The number of nitrogens with zero attached hydrogens (tertiary/aromatic N) is 3. The minimum Gasteiger partial charge on any atom is -0.481 e. The predicted octanol–water partition coefficient (Wildman–Crippen LogP) is 2.55. The Balaban J connectivity index is 1.83. The SMILES string of the molecule is CC1=C(c2nc(-c3ccc(F)cn3)[nH]c2Cl)CCN(S(=O)(=O)CCC(=O)O)C1. The van der Waals surface area contributed by atoms with Crippen molar-refractivity contribution in [1.29, 1.82) is 0 Å². The molecule has 0 fully saturated rings. The van der Waals surface area contributed by atoms with Crippen LogP contribution in [0.2, 0.25) is 5.15 Å². The molecule has 0 bridgehead atoms. The summed E-state index contributed by atoms with van der Waals surface area (Å²) in [7, 11) is -3.66. The van der Waals surface area contributed by atoms with Crippen molar-refractivity contribution >= 4 is 33.2 Å². The third-order valence-electron chi connectivity index (χ3n) is 4.42. The maximum absolute atomic E-state index is 13.0. The molecular formula is C17H18ClFN4O4S. The van der Waals surface area contributed by atoms with Gasteiger partial charge in [0, 0.05) is 13.1 Å². The van der Waals surface area contributed by atoms with Crippen molar-refractivity contribution in [3.05, 3.63) is 40.6 Å². The van der Waals surface area contributed by atoms with Gasteiger partial charge in [-0.15, -0.1) is 0 Å². The average Bonchev–Trinajstić information content (AvgIpc) is 3.02. The van der Waals surface area contributed by atoms with E-state index in [-0.39, 0.29) is 18.2 Å². The first-order valence-electron chi connectivity index (χ1n) is 8.43. The molecule has 2 aromatic heterocycles. The molecular weight excluding hydrogens is 411 g/mol. The molecule has 0 aliphatic carbocycles. The second kappa shape index (κ2) is 7.98. The Bertz CT molecular complexity index is 1030. The number of sulfonamides is 1.